The van der Waals surface area contributed by atoms with Crippen LogP contribution in [0.4, 0.5) is 0 Å². The molecule has 0 spiro atoms. The highest BCUT2D eigenvalue weighted by atomic mass is 35.5. The second kappa shape index (κ2) is 5.61. The summed E-state index contributed by atoms with van der Waals surface area (Å²) in [6.45, 7) is 0. The van der Waals surface area contributed by atoms with Gasteiger partial charge in [-0.3, -0.25) is 9.38 Å². The highest BCUT2D eigenvalue weighted by Crippen LogP contribution is 2.29. The Hall–Kier alpha value is -2.50. The summed E-state index contributed by atoms with van der Waals surface area (Å²) < 4.78 is 1.81. The Bertz CT molecular complexity index is 998. The minimum absolute atomic E-state index is 0.474. The Morgan fingerprint density at radius 1 is 0.870 bits per heavy atom. The average Bonchev–Trinajstić information content (AvgIpc) is 3.06. The first-order valence-corrected chi connectivity index (χ1v) is 7.54. The predicted molar refractivity (Wildman–Crippen MR) is 89.5 cm³/mol. The molecule has 0 saturated carbocycles. The first kappa shape index (κ1) is 14.1. The van der Waals surface area contributed by atoms with Gasteiger partial charge in [0.15, 0.2) is 5.65 Å². The minimum atomic E-state index is 0.474. The Balaban J connectivity index is 1.98. The van der Waals surface area contributed by atoms with Gasteiger partial charge in [0.25, 0.3) is 0 Å². The molecular formula is C16H9Cl2N5. The molecule has 0 bridgehead atoms. The third kappa shape index (κ3) is 2.54. The number of benzene rings is 1. The van der Waals surface area contributed by atoms with Crippen LogP contribution in [0.15, 0.2) is 55.1 Å². The molecule has 0 N–H and O–H groups in total. The summed E-state index contributed by atoms with van der Waals surface area (Å²) in [6, 6.07) is 11.1. The van der Waals surface area contributed by atoms with E-state index in [0.29, 0.717) is 21.5 Å². The lowest BCUT2D eigenvalue weighted by atomic mass is 10.1. The Labute approximate surface area is 141 Å². The maximum absolute atomic E-state index is 6.14. The van der Waals surface area contributed by atoms with Crippen LogP contribution in [0.1, 0.15) is 0 Å². The lowest BCUT2D eigenvalue weighted by Crippen LogP contribution is -1.98. The second-order valence-corrected chi connectivity index (χ2v) is 5.70. The van der Waals surface area contributed by atoms with Crippen LogP contribution in [0.3, 0.4) is 0 Å². The van der Waals surface area contributed by atoms with Gasteiger partial charge in [-0.05, 0) is 30.3 Å². The van der Waals surface area contributed by atoms with Crippen LogP contribution in [0.5, 0.6) is 0 Å². The van der Waals surface area contributed by atoms with E-state index in [1.165, 1.54) is 0 Å². The van der Waals surface area contributed by atoms with E-state index in [9.17, 15) is 0 Å². The summed E-state index contributed by atoms with van der Waals surface area (Å²) in [7, 11) is 0. The molecule has 1 aromatic carbocycles. The van der Waals surface area contributed by atoms with Crippen molar-refractivity contribution >= 4 is 28.8 Å². The molecule has 3 heterocycles. The van der Waals surface area contributed by atoms with Crippen LogP contribution in [0.25, 0.3) is 28.3 Å². The number of hydrogen-bond acceptors (Lipinski definition) is 4. The van der Waals surface area contributed by atoms with E-state index in [1.54, 1.807) is 30.9 Å². The minimum Gasteiger partial charge on any atom is -0.265 e. The smallest absolute Gasteiger partial charge is 0.164 e. The molecule has 0 fully saturated rings. The van der Waals surface area contributed by atoms with Crippen molar-refractivity contribution in [2.45, 2.75) is 0 Å². The summed E-state index contributed by atoms with van der Waals surface area (Å²) in [5, 5.41) is 9.07. The van der Waals surface area contributed by atoms with Gasteiger partial charge in [-0.25, -0.2) is 4.98 Å². The third-order valence-electron chi connectivity index (χ3n) is 3.45. The van der Waals surface area contributed by atoms with Gasteiger partial charge in [-0.15, -0.1) is 10.2 Å². The number of hydrogen-bond donors (Lipinski definition) is 0. The first-order chi connectivity index (χ1) is 11.2. The van der Waals surface area contributed by atoms with Crippen LogP contribution in [-0.4, -0.2) is 24.6 Å². The predicted octanol–water partition coefficient (Wildman–Crippen LogP) is 4.16. The lowest BCUT2D eigenvalue weighted by molar-refractivity contribution is 1.08. The van der Waals surface area contributed by atoms with E-state index in [2.05, 4.69) is 15.2 Å². The summed E-state index contributed by atoms with van der Waals surface area (Å²) in [5.41, 5.74) is 3.27. The maximum Gasteiger partial charge on any atom is 0.164 e. The summed E-state index contributed by atoms with van der Waals surface area (Å²) in [4.78, 5) is 8.77. The van der Waals surface area contributed by atoms with Crippen molar-refractivity contribution in [3.63, 3.8) is 0 Å². The largest absolute Gasteiger partial charge is 0.265 e. The Morgan fingerprint density at radius 2 is 1.70 bits per heavy atom. The molecule has 112 valence electrons. The zero-order valence-electron chi connectivity index (χ0n) is 11.7. The fraction of sp³-hybridized carbons (Fsp3) is 0. The molecule has 7 heteroatoms. The zero-order valence-corrected chi connectivity index (χ0v) is 13.2. The van der Waals surface area contributed by atoms with E-state index in [-0.39, 0.29) is 0 Å². The molecule has 0 saturated heterocycles. The number of aromatic nitrogens is 5. The van der Waals surface area contributed by atoms with Crippen molar-refractivity contribution in [2.24, 2.45) is 0 Å². The van der Waals surface area contributed by atoms with E-state index in [1.807, 2.05) is 28.7 Å². The van der Waals surface area contributed by atoms with Crippen LogP contribution >= 0.6 is 23.2 Å². The Morgan fingerprint density at radius 3 is 2.48 bits per heavy atom. The van der Waals surface area contributed by atoms with E-state index in [4.69, 9.17) is 28.2 Å². The molecule has 0 radical (unpaired) electrons. The number of pyridine rings is 1. The van der Waals surface area contributed by atoms with Gasteiger partial charge in [-0.1, -0.05) is 23.2 Å². The van der Waals surface area contributed by atoms with Gasteiger partial charge in [0.05, 0.1) is 15.7 Å². The molecule has 3 aromatic heterocycles. The maximum atomic E-state index is 6.14. The van der Waals surface area contributed by atoms with Crippen LogP contribution in [0.2, 0.25) is 10.0 Å². The fourth-order valence-electron chi connectivity index (χ4n) is 2.34. The fourth-order valence-corrected chi connectivity index (χ4v) is 2.64. The normalized spacial score (nSPS) is 11.0. The molecule has 0 atom stereocenters. The molecule has 4 rings (SSSR count). The summed E-state index contributed by atoms with van der Waals surface area (Å²) in [5.74, 6) is 0.692. The first-order valence-electron chi connectivity index (χ1n) is 6.79. The van der Waals surface area contributed by atoms with Crippen molar-refractivity contribution in [2.75, 3.05) is 0 Å². The number of nitrogens with zero attached hydrogens (tertiary/aromatic N) is 5. The average molecular weight is 342 g/mol. The third-order valence-corrected chi connectivity index (χ3v) is 4.19. The summed E-state index contributed by atoms with van der Waals surface area (Å²) >= 11 is 12.1. The number of fused-ring (bicyclic) bond motifs is 1. The number of halogens is 2. The molecule has 0 aliphatic carbocycles. The van der Waals surface area contributed by atoms with Gasteiger partial charge in [0, 0.05) is 29.6 Å². The van der Waals surface area contributed by atoms with Crippen molar-refractivity contribution in [1.29, 1.82) is 0 Å². The van der Waals surface area contributed by atoms with Gasteiger partial charge in [0.2, 0.25) is 0 Å². The zero-order chi connectivity index (χ0) is 15.8. The highest BCUT2D eigenvalue weighted by molar-refractivity contribution is 6.42. The molecule has 0 unspecified atom stereocenters. The van der Waals surface area contributed by atoms with Crippen LogP contribution in [-0.2, 0) is 0 Å². The van der Waals surface area contributed by atoms with Gasteiger partial charge in [-0.2, -0.15) is 0 Å². The van der Waals surface area contributed by atoms with Crippen LogP contribution < -0.4 is 0 Å². The van der Waals surface area contributed by atoms with Gasteiger partial charge >= 0.3 is 0 Å². The molecule has 0 aliphatic heterocycles. The van der Waals surface area contributed by atoms with Gasteiger partial charge < -0.3 is 0 Å². The van der Waals surface area contributed by atoms with E-state index < -0.39 is 0 Å². The van der Waals surface area contributed by atoms with E-state index >= 15 is 0 Å². The Kier molecular flexibility index (Phi) is 3.44. The SMILES string of the molecule is Clc1ccc(-c2nc(-c3ccncc3)cc3nncn23)cc1Cl. The van der Waals surface area contributed by atoms with Crippen molar-refractivity contribution in [3.8, 4) is 22.6 Å². The highest BCUT2D eigenvalue weighted by Gasteiger charge is 2.12. The van der Waals surface area contributed by atoms with Crippen LogP contribution in [0, 0.1) is 0 Å². The summed E-state index contributed by atoms with van der Waals surface area (Å²) in [6.07, 6.45) is 5.07. The molecule has 23 heavy (non-hydrogen) atoms. The molecule has 0 amide bonds. The van der Waals surface area contributed by atoms with Crippen molar-refractivity contribution in [1.82, 2.24) is 24.6 Å². The lowest BCUT2D eigenvalue weighted by Gasteiger charge is -2.08. The van der Waals surface area contributed by atoms with Crippen molar-refractivity contribution < 1.29 is 0 Å². The van der Waals surface area contributed by atoms with Crippen molar-refractivity contribution in [3.05, 3.63) is 65.2 Å². The van der Waals surface area contributed by atoms with E-state index in [0.717, 1.165) is 16.8 Å². The molecule has 4 aromatic rings. The van der Waals surface area contributed by atoms with Gasteiger partial charge in [0.1, 0.15) is 12.2 Å². The molecule has 0 aliphatic rings. The monoisotopic (exact) mass is 341 g/mol. The molecule has 5 nitrogen and oxygen atoms in total. The topological polar surface area (TPSA) is 56.0 Å². The second-order valence-electron chi connectivity index (χ2n) is 4.89. The molecular weight excluding hydrogens is 333 g/mol. The standard InChI is InChI=1S/C16H9Cl2N5/c17-12-2-1-11(7-13(12)18)16-21-14(10-3-5-19-6-4-10)8-15-22-20-9-23(15)16/h1-9H. The number of rotatable bonds is 2. The quantitative estimate of drug-likeness (QED) is 0.549.